The van der Waals surface area contributed by atoms with Crippen LogP contribution in [0.1, 0.15) is 12.5 Å². The number of carbonyl (C=O) groups excluding carboxylic acids is 1. The molecule has 0 heterocycles. The van der Waals surface area contributed by atoms with Crippen molar-refractivity contribution in [1.82, 2.24) is 10.2 Å². The fourth-order valence-corrected chi connectivity index (χ4v) is 2.09. The third-order valence-electron chi connectivity index (χ3n) is 3.50. The minimum absolute atomic E-state index is 0. The van der Waals surface area contributed by atoms with Crippen LogP contribution in [0.5, 0.6) is 11.5 Å². The Morgan fingerprint density at radius 3 is 2.22 bits per heavy atom. The van der Waals surface area contributed by atoms with Gasteiger partial charge in [0.25, 0.3) is 0 Å². The smallest absolute Gasteiger partial charge is 0.239 e. The lowest BCUT2D eigenvalue weighted by Crippen LogP contribution is -2.41. The van der Waals surface area contributed by atoms with Crippen LogP contribution < -0.4 is 10.1 Å². The number of amides is 1. The highest BCUT2D eigenvalue weighted by atomic mass is 35.5. The van der Waals surface area contributed by atoms with Gasteiger partial charge in [-0.1, -0.05) is 30.3 Å². The Kier molecular flexibility index (Phi) is 7.59. The molecule has 1 N–H and O–H groups in total. The highest BCUT2D eigenvalue weighted by Gasteiger charge is 2.15. The number of rotatable bonds is 6. The van der Waals surface area contributed by atoms with Crippen LogP contribution in [-0.4, -0.2) is 30.9 Å². The van der Waals surface area contributed by atoms with Gasteiger partial charge in [-0.15, -0.1) is 12.4 Å². The molecule has 1 amide bonds. The van der Waals surface area contributed by atoms with Gasteiger partial charge in [0, 0.05) is 13.6 Å². The topological polar surface area (TPSA) is 41.6 Å². The van der Waals surface area contributed by atoms with Crippen molar-refractivity contribution in [2.75, 3.05) is 14.1 Å². The maximum Gasteiger partial charge on any atom is 0.239 e. The van der Waals surface area contributed by atoms with E-state index in [-0.39, 0.29) is 24.4 Å². The summed E-state index contributed by atoms with van der Waals surface area (Å²) in [6, 6.07) is 17.3. The first-order chi connectivity index (χ1) is 10.6. The van der Waals surface area contributed by atoms with Gasteiger partial charge in [-0.2, -0.15) is 0 Å². The number of para-hydroxylation sites is 1. The number of ether oxygens (including phenoxy) is 1. The summed E-state index contributed by atoms with van der Waals surface area (Å²) in [5, 5.41) is 2.96. The fraction of sp³-hybridized carbons (Fsp3) is 0.278. The molecule has 1 atom stereocenters. The molecular weight excluding hydrogens is 312 g/mol. The first kappa shape index (κ1) is 19.0. The molecule has 0 spiro atoms. The Morgan fingerprint density at radius 2 is 1.65 bits per heavy atom. The molecule has 0 aliphatic heterocycles. The number of hydrogen-bond donors (Lipinski definition) is 1. The molecule has 0 saturated carbocycles. The number of nitrogens with one attached hydrogen (secondary N) is 1. The van der Waals surface area contributed by atoms with Crippen LogP contribution in [0, 0.1) is 0 Å². The third kappa shape index (κ3) is 5.58. The number of nitrogens with zero attached hydrogens (tertiary/aromatic N) is 1. The first-order valence-corrected chi connectivity index (χ1v) is 7.34. The van der Waals surface area contributed by atoms with E-state index in [2.05, 4.69) is 5.32 Å². The van der Waals surface area contributed by atoms with Crippen LogP contribution in [0.25, 0.3) is 0 Å². The largest absolute Gasteiger partial charge is 0.457 e. The highest BCUT2D eigenvalue weighted by Crippen LogP contribution is 2.21. The average molecular weight is 335 g/mol. The van der Waals surface area contributed by atoms with Crippen molar-refractivity contribution in [2.24, 2.45) is 0 Å². The molecule has 4 nitrogen and oxygen atoms in total. The lowest BCUT2D eigenvalue weighted by Gasteiger charge is -2.21. The predicted molar refractivity (Wildman–Crippen MR) is 95.2 cm³/mol. The second-order valence-corrected chi connectivity index (χ2v) is 5.26. The van der Waals surface area contributed by atoms with Gasteiger partial charge in [-0.25, -0.2) is 0 Å². The van der Waals surface area contributed by atoms with Crippen LogP contribution in [0.15, 0.2) is 54.6 Å². The minimum Gasteiger partial charge on any atom is -0.457 e. The van der Waals surface area contributed by atoms with E-state index < -0.39 is 0 Å². The van der Waals surface area contributed by atoms with Crippen molar-refractivity contribution in [3.8, 4) is 11.5 Å². The molecule has 0 aliphatic carbocycles. The van der Waals surface area contributed by atoms with E-state index in [1.54, 1.807) is 11.9 Å². The summed E-state index contributed by atoms with van der Waals surface area (Å²) in [5.74, 6) is 1.67. The van der Waals surface area contributed by atoms with E-state index in [0.29, 0.717) is 6.54 Å². The van der Waals surface area contributed by atoms with E-state index in [4.69, 9.17) is 4.74 Å². The maximum atomic E-state index is 12.0. The molecule has 2 aromatic rings. The molecule has 0 fully saturated rings. The summed E-state index contributed by atoms with van der Waals surface area (Å²) >= 11 is 0. The van der Waals surface area contributed by atoms with E-state index >= 15 is 0 Å². The zero-order valence-electron chi connectivity index (χ0n) is 13.7. The van der Waals surface area contributed by atoms with Gasteiger partial charge < -0.3 is 15.0 Å². The number of halogens is 1. The summed E-state index contributed by atoms with van der Waals surface area (Å²) in [6.45, 7) is 2.44. The Labute approximate surface area is 143 Å². The van der Waals surface area contributed by atoms with E-state index in [1.165, 1.54) is 0 Å². The summed E-state index contributed by atoms with van der Waals surface area (Å²) < 4.78 is 5.75. The number of benzene rings is 2. The molecule has 0 unspecified atom stereocenters. The Balaban J connectivity index is 0.00000264. The summed E-state index contributed by atoms with van der Waals surface area (Å²) in [6.07, 6.45) is 0. The molecular formula is C18H23ClN2O2. The summed E-state index contributed by atoms with van der Waals surface area (Å²) in [4.78, 5) is 13.7. The Hall–Kier alpha value is -2.04. The van der Waals surface area contributed by atoms with Crippen LogP contribution >= 0.6 is 12.4 Å². The van der Waals surface area contributed by atoms with Crippen LogP contribution in [-0.2, 0) is 11.3 Å². The lowest BCUT2D eigenvalue weighted by atomic mass is 10.2. The van der Waals surface area contributed by atoms with Crippen molar-refractivity contribution in [3.05, 3.63) is 60.2 Å². The van der Waals surface area contributed by atoms with Crippen LogP contribution in [0.2, 0.25) is 0 Å². The van der Waals surface area contributed by atoms with Gasteiger partial charge in [0.2, 0.25) is 5.91 Å². The number of likely N-dealkylation sites (N-methyl/N-ethyl adjacent to an activating group) is 2. The zero-order valence-corrected chi connectivity index (χ0v) is 14.5. The predicted octanol–water partition coefficient (Wildman–Crippen LogP) is 3.47. The molecule has 0 bridgehead atoms. The number of hydrogen-bond acceptors (Lipinski definition) is 3. The average Bonchev–Trinajstić information content (AvgIpc) is 2.56. The molecule has 2 rings (SSSR count). The van der Waals surface area contributed by atoms with Gasteiger partial charge in [-0.05, 0) is 43.8 Å². The van der Waals surface area contributed by atoms with E-state index in [9.17, 15) is 4.79 Å². The maximum absolute atomic E-state index is 12.0. The van der Waals surface area contributed by atoms with Crippen molar-refractivity contribution in [2.45, 2.75) is 19.5 Å². The molecule has 0 saturated heterocycles. The van der Waals surface area contributed by atoms with Crippen molar-refractivity contribution < 1.29 is 9.53 Å². The van der Waals surface area contributed by atoms with Crippen molar-refractivity contribution >= 4 is 18.3 Å². The fourth-order valence-electron chi connectivity index (χ4n) is 2.09. The quantitative estimate of drug-likeness (QED) is 0.879. The second-order valence-electron chi connectivity index (χ2n) is 5.26. The van der Waals surface area contributed by atoms with Gasteiger partial charge in [0.15, 0.2) is 0 Å². The van der Waals surface area contributed by atoms with Gasteiger partial charge >= 0.3 is 0 Å². The standard InChI is InChI=1S/C18H22N2O2.ClH/c1-14(19-2)18(21)20(3)13-15-9-11-17(12-10-15)22-16-7-5-4-6-8-16;/h4-12,14,19H,13H2,1-3H3;1H/t14-;/m0./s1. The van der Waals surface area contributed by atoms with E-state index in [1.807, 2.05) is 68.6 Å². The van der Waals surface area contributed by atoms with Crippen molar-refractivity contribution in [3.63, 3.8) is 0 Å². The summed E-state index contributed by atoms with van der Waals surface area (Å²) in [7, 11) is 3.59. The molecule has 124 valence electrons. The van der Waals surface area contributed by atoms with Crippen LogP contribution in [0.3, 0.4) is 0 Å². The molecule has 23 heavy (non-hydrogen) atoms. The summed E-state index contributed by atoms with van der Waals surface area (Å²) in [5.41, 5.74) is 1.07. The van der Waals surface area contributed by atoms with Crippen LogP contribution in [0.4, 0.5) is 0 Å². The number of carbonyl (C=O) groups is 1. The highest BCUT2D eigenvalue weighted by molar-refractivity contribution is 5.85. The van der Waals surface area contributed by atoms with Gasteiger partial charge in [0.1, 0.15) is 11.5 Å². The van der Waals surface area contributed by atoms with Gasteiger partial charge in [0.05, 0.1) is 6.04 Å². The molecule has 0 aliphatic rings. The molecule has 5 heteroatoms. The van der Waals surface area contributed by atoms with Crippen molar-refractivity contribution in [1.29, 1.82) is 0 Å². The zero-order chi connectivity index (χ0) is 15.9. The monoisotopic (exact) mass is 334 g/mol. The second kappa shape index (κ2) is 9.18. The minimum atomic E-state index is -0.175. The normalized spacial score (nSPS) is 11.3. The SMILES string of the molecule is CN[C@@H](C)C(=O)N(C)Cc1ccc(Oc2ccccc2)cc1.Cl. The van der Waals surface area contributed by atoms with Gasteiger partial charge in [-0.3, -0.25) is 4.79 Å². The molecule has 0 aromatic heterocycles. The lowest BCUT2D eigenvalue weighted by molar-refractivity contribution is -0.132. The Morgan fingerprint density at radius 1 is 1.09 bits per heavy atom. The van der Waals surface area contributed by atoms with E-state index in [0.717, 1.165) is 17.1 Å². The Bertz CT molecular complexity index is 602. The molecule has 2 aromatic carbocycles. The molecule has 0 radical (unpaired) electrons. The third-order valence-corrected chi connectivity index (χ3v) is 3.50. The first-order valence-electron chi connectivity index (χ1n) is 7.34.